The lowest BCUT2D eigenvalue weighted by molar-refractivity contribution is -0.137. The third-order valence-corrected chi connectivity index (χ3v) is 4.36. The highest BCUT2D eigenvalue weighted by molar-refractivity contribution is 6.03. The Morgan fingerprint density at radius 1 is 1.00 bits per heavy atom. The van der Waals surface area contributed by atoms with Gasteiger partial charge in [0.1, 0.15) is 5.84 Å². The topological polar surface area (TPSA) is 37.3 Å². The Morgan fingerprint density at radius 2 is 1.85 bits per heavy atom. The molecular weight excluding hydrogens is 351 g/mol. The zero-order valence-corrected chi connectivity index (χ0v) is 14.3. The first-order valence-electron chi connectivity index (χ1n) is 8.54. The molecule has 1 aromatic heterocycles. The minimum absolute atomic E-state index is 0.448. The smallest absolute Gasteiger partial charge is 0.369 e. The lowest BCUT2D eigenvalue weighted by Crippen LogP contribution is -2.16. The van der Waals surface area contributed by atoms with E-state index >= 15 is 0 Å². The molecule has 0 radical (unpaired) electrons. The van der Waals surface area contributed by atoms with Crippen LogP contribution in [0.15, 0.2) is 71.7 Å². The van der Waals surface area contributed by atoms with E-state index in [1.54, 1.807) is 12.1 Å². The number of hydrogen-bond donors (Lipinski definition) is 1. The van der Waals surface area contributed by atoms with E-state index in [0.29, 0.717) is 35.8 Å². The van der Waals surface area contributed by atoms with E-state index in [4.69, 9.17) is 0 Å². The molecule has 1 aliphatic heterocycles. The second-order valence-corrected chi connectivity index (χ2v) is 6.22. The number of rotatable bonds is 3. The molecule has 0 atom stereocenters. The van der Waals surface area contributed by atoms with Gasteiger partial charge < -0.3 is 5.32 Å². The summed E-state index contributed by atoms with van der Waals surface area (Å²) in [5, 5.41) is 4.11. The van der Waals surface area contributed by atoms with Gasteiger partial charge in [-0.3, -0.25) is 4.99 Å². The molecule has 27 heavy (non-hydrogen) atoms. The first-order valence-corrected chi connectivity index (χ1v) is 8.54. The maximum atomic E-state index is 13.2. The largest absolute Gasteiger partial charge is 0.416 e. The Hall–Kier alpha value is -3.15. The number of fused-ring (bicyclic) bond motifs is 1. The van der Waals surface area contributed by atoms with Crippen LogP contribution in [0.2, 0.25) is 0 Å². The Morgan fingerprint density at radius 3 is 2.63 bits per heavy atom. The maximum Gasteiger partial charge on any atom is 0.416 e. The van der Waals surface area contributed by atoms with E-state index in [0.717, 1.165) is 23.0 Å². The quantitative estimate of drug-likeness (QED) is 0.729. The average molecular weight is 367 g/mol. The summed E-state index contributed by atoms with van der Waals surface area (Å²) in [4.78, 5) is 8.99. The van der Waals surface area contributed by atoms with Crippen molar-refractivity contribution in [3.8, 4) is 0 Å². The number of para-hydroxylation sites is 1. The van der Waals surface area contributed by atoms with Gasteiger partial charge in [-0.1, -0.05) is 36.4 Å². The number of benzene rings is 2. The van der Waals surface area contributed by atoms with E-state index < -0.39 is 11.7 Å². The molecule has 4 rings (SSSR count). The fraction of sp³-hybridized carbons (Fsp3) is 0.143. The molecule has 6 heteroatoms. The monoisotopic (exact) mass is 367 g/mol. The van der Waals surface area contributed by atoms with E-state index in [2.05, 4.69) is 15.3 Å². The van der Waals surface area contributed by atoms with Crippen molar-refractivity contribution in [2.75, 3.05) is 13.1 Å². The van der Waals surface area contributed by atoms with Crippen LogP contribution in [-0.4, -0.2) is 23.9 Å². The number of nitrogens with one attached hydrogen (secondary N) is 1. The summed E-state index contributed by atoms with van der Waals surface area (Å²) in [6, 6.07) is 16.7. The molecule has 3 nitrogen and oxygen atoms in total. The van der Waals surface area contributed by atoms with E-state index in [9.17, 15) is 13.2 Å². The molecule has 0 saturated heterocycles. The zero-order valence-electron chi connectivity index (χ0n) is 14.3. The van der Waals surface area contributed by atoms with Crippen molar-refractivity contribution in [3.63, 3.8) is 0 Å². The number of pyridine rings is 1. The highest BCUT2D eigenvalue weighted by Gasteiger charge is 2.30. The van der Waals surface area contributed by atoms with Crippen LogP contribution in [0, 0.1) is 0 Å². The van der Waals surface area contributed by atoms with Crippen LogP contribution in [0.4, 0.5) is 13.2 Å². The van der Waals surface area contributed by atoms with Gasteiger partial charge >= 0.3 is 6.18 Å². The molecule has 0 amide bonds. The van der Waals surface area contributed by atoms with Gasteiger partial charge in [-0.2, -0.15) is 13.2 Å². The molecule has 136 valence electrons. The van der Waals surface area contributed by atoms with Crippen LogP contribution in [0.5, 0.6) is 0 Å². The lowest BCUT2D eigenvalue weighted by Gasteiger charge is -2.12. The Bertz CT molecular complexity index is 1050. The van der Waals surface area contributed by atoms with E-state index in [1.165, 1.54) is 6.07 Å². The summed E-state index contributed by atoms with van der Waals surface area (Å²) in [6.07, 6.45) is -2.64. The van der Waals surface area contributed by atoms with Crippen molar-refractivity contribution in [2.45, 2.75) is 6.18 Å². The number of amidine groups is 1. The highest BCUT2D eigenvalue weighted by Crippen LogP contribution is 2.32. The van der Waals surface area contributed by atoms with Gasteiger partial charge in [0, 0.05) is 17.5 Å². The van der Waals surface area contributed by atoms with Crippen LogP contribution in [0.3, 0.4) is 0 Å². The molecule has 3 aromatic rings. The first kappa shape index (κ1) is 17.3. The van der Waals surface area contributed by atoms with Gasteiger partial charge in [-0.25, -0.2) is 4.98 Å². The zero-order chi connectivity index (χ0) is 18.9. The van der Waals surface area contributed by atoms with Crippen molar-refractivity contribution < 1.29 is 13.2 Å². The number of hydrogen-bond acceptors (Lipinski definition) is 3. The summed E-state index contributed by atoms with van der Waals surface area (Å²) in [7, 11) is 0. The molecule has 1 N–H and O–H groups in total. The Kier molecular flexibility index (Phi) is 4.39. The number of nitrogens with zero attached hydrogens (tertiary/aromatic N) is 2. The number of aromatic nitrogens is 1. The summed E-state index contributed by atoms with van der Waals surface area (Å²) in [5.74, 6) is 0.650. The van der Waals surface area contributed by atoms with Crippen LogP contribution >= 0.6 is 0 Å². The molecule has 0 saturated carbocycles. The van der Waals surface area contributed by atoms with E-state index in [-0.39, 0.29) is 0 Å². The van der Waals surface area contributed by atoms with Crippen molar-refractivity contribution in [1.29, 1.82) is 0 Å². The summed E-state index contributed by atoms with van der Waals surface area (Å²) < 4.78 is 39.5. The van der Waals surface area contributed by atoms with Crippen molar-refractivity contribution in [2.24, 2.45) is 4.99 Å². The second kappa shape index (κ2) is 6.87. The maximum absolute atomic E-state index is 13.2. The van der Waals surface area contributed by atoms with Gasteiger partial charge in [0.2, 0.25) is 0 Å². The number of halogens is 3. The van der Waals surface area contributed by atoms with Gasteiger partial charge in [0.05, 0.1) is 23.3 Å². The van der Waals surface area contributed by atoms with Gasteiger partial charge in [-0.15, -0.1) is 0 Å². The van der Waals surface area contributed by atoms with Gasteiger partial charge in [0.25, 0.3) is 0 Å². The third-order valence-electron chi connectivity index (χ3n) is 4.36. The second-order valence-electron chi connectivity index (χ2n) is 6.22. The predicted molar refractivity (Wildman–Crippen MR) is 101 cm³/mol. The molecule has 0 unspecified atom stereocenters. The first-order chi connectivity index (χ1) is 13.0. The van der Waals surface area contributed by atoms with Crippen LogP contribution < -0.4 is 5.32 Å². The van der Waals surface area contributed by atoms with Crippen molar-refractivity contribution in [1.82, 2.24) is 10.3 Å². The minimum Gasteiger partial charge on any atom is -0.369 e. The molecule has 2 heterocycles. The SMILES string of the molecule is FC(F)(F)c1cccc(/C(=C/C2=NCCN2)c2ccc3ccccc3n2)c1. The molecule has 0 bridgehead atoms. The van der Waals surface area contributed by atoms with Crippen molar-refractivity contribution >= 4 is 22.3 Å². The number of aliphatic imine (C=N–C) groups is 1. The van der Waals surface area contributed by atoms with Gasteiger partial charge in [-0.05, 0) is 35.9 Å². The minimum atomic E-state index is -4.40. The Labute approximate surface area is 154 Å². The molecular formula is C21H16F3N3. The predicted octanol–water partition coefficient (Wildman–Crippen LogP) is 4.69. The average Bonchev–Trinajstić information content (AvgIpc) is 3.18. The fourth-order valence-corrected chi connectivity index (χ4v) is 3.03. The normalized spacial score (nSPS) is 14.9. The van der Waals surface area contributed by atoms with E-state index in [1.807, 2.05) is 36.4 Å². The molecule has 0 spiro atoms. The lowest BCUT2D eigenvalue weighted by atomic mass is 9.98. The molecule has 0 aliphatic carbocycles. The number of alkyl halides is 3. The molecule has 2 aromatic carbocycles. The summed E-state index contributed by atoms with van der Waals surface area (Å²) >= 11 is 0. The Balaban J connectivity index is 1.87. The van der Waals surface area contributed by atoms with Crippen LogP contribution in [0.1, 0.15) is 16.8 Å². The van der Waals surface area contributed by atoms with Gasteiger partial charge in [0.15, 0.2) is 0 Å². The molecule has 1 aliphatic rings. The summed E-state index contributed by atoms with van der Waals surface area (Å²) in [5.41, 5.74) is 1.75. The standard InChI is InChI=1S/C21H16F3N3/c22-21(23,24)16-6-3-5-15(12-16)17(13-20-25-10-11-26-20)19-9-8-14-4-1-2-7-18(14)27-19/h1-9,12-13H,10-11H2,(H,25,26)/b17-13-. The van der Waals surface area contributed by atoms with Crippen LogP contribution in [-0.2, 0) is 6.18 Å². The fourth-order valence-electron chi connectivity index (χ4n) is 3.03. The summed E-state index contributed by atoms with van der Waals surface area (Å²) in [6.45, 7) is 1.36. The third kappa shape index (κ3) is 3.69. The molecule has 0 fully saturated rings. The van der Waals surface area contributed by atoms with Crippen molar-refractivity contribution in [3.05, 3.63) is 83.6 Å². The van der Waals surface area contributed by atoms with Crippen LogP contribution in [0.25, 0.3) is 16.5 Å². The highest BCUT2D eigenvalue weighted by atomic mass is 19.4.